The summed E-state index contributed by atoms with van der Waals surface area (Å²) in [7, 11) is -3.38. The first-order valence-corrected chi connectivity index (χ1v) is 9.50. The van der Waals surface area contributed by atoms with Gasteiger partial charge in [0.25, 0.3) is 0 Å². The van der Waals surface area contributed by atoms with Crippen molar-refractivity contribution in [1.82, 2.24) is 9.80 Å². The molecule has 2 rings (SSSR count). The molecule has 0 aromatic rings. The van der Waals surface area contributed by atoms with E-state index >= 15 is 0 Å². The van der Waals surface area contributed by atoms with Gasteiger partial charge < -0.3 is 14.9 Å². The zero-order valence-corrected chi connectivity index (χ0v) is 12.8. The van der Waals surface area contributed by atoms with E-state index in [1.54, 1.807) is 0 Å². The molecule has 2 atom stereocenters. The fraction of sp³-hybridized carbons (Fsp3) is 0.818. The highest BCUT2D eigenvalue weighted by Crippen LogP contribution is 2.25. The third-order valence-corrected chi connectivity index (χ3v) is 6.25. The number of hydrogen-bond donors (Lipinski definition) is 1. The first kappa shape index (κ1) is 15.4. The molecule has 9 heteroatoms. The van der Waals surface area contributed by atoms with Gasteiger partial charge >= 0.3 is 12.0 Å². The minimum atomic E-state index is -3.38. The summed E-state index contributed by atoms with van der Waals surface area (Å²) in [5.41, 5.74) is 0. The Kier molecular flexibility index (Phi) is 4.48. The number of nitrogens with zero attached hydrogens (tertiary/aromatic N) is 2. The van der Waals surface area contributed by atoms with Crippen LogP contribution in [0.15, 0.2) is 0 Å². The molecule has 0 aromatic heterocycles. The average Bonchev–Trinajstić information content (AvgIpc) is 2.86. The third-order valence-electron chi connectivity index (χ3n) is 3.61. The summed E-state index contributed by atoms with van der Waals surface area (Å²) in [4.78, 5) is 26.2. The molecule has 0 aromatic carbocycles. The standard InChI is InChI=1S/C11H18N2O5S2/c1-20(17,18)9-7-19-6-5-13(9)11(16)12-4-2-3-8(12)10(14)15/h8-9H,2-7H2,1H3,(H,14,15)/t8-,9?/m1/s1. The van der Waals surface area contributed by atoms with E-state index in [0.717, 1.165) is 6.26 Å². The number of hydrogen-bond acceptors (Lipinski definition) is 5. The van der Waals surface area contributed by atoms with Crippen molar-refractivity contribution in [3.63, 3.8) is 0 Å². The minimum absolute atomic E-state index is 0.337. The predicted molar refractivity (Wildman–Crippen MR) is 75.4 cm³/mol. The lowest BCUT2D eigenvalue weighted by molar-refractivity contribution is -0.141. The van der Waals surface area contributed by atoms with E-state index in [0.29, 0.717) is 37.4 Å². The van der Waals surface area contributed by atoms with E-state index in [1.165, 1.54) is 21.6 Å². The largest absolute Gasteiger partial charge is 0.480 e. The number of carbonyl (C=O) groups is 2. The van der Waals surface area contributed by atoms with Gasteiger partial charge in [0.05, 0.1) is 0 Å². The summed E-state index contributed by atoms with van der Waals surface area (Å²) in [5, 5.41) is 8.26. The molecule has 7 nitrogen and oxygen atoms in total. The Hall–Kier alpha value is -0.960. The summed E-state index contributed by atoms with van der Waals surface area (Å²) in [5.74, 6) is -0.0161. The van der Waals surface area contributed by atoms with Crippen LogP contribution in [0.25, 0.3) is 0 Å². The third kappa shape index (κ3) is 3.03. The van der Waals surface area contributed by atoms with Crippen LogP contribution in [0.5, 0.6) is 0 Å². The number of likely N-dealkylation sites (tertiary alicyclic amines) is 1. The molecule has 114 valence electrons. The molecule has 0 bridgehead atoms. The molecule has 2 amide bonds. The van der Waals surface area contributed by atoms with Gasteiger partial charge in [0, 0.05) is 30.9 Å². The molecule has 2 saturated heterocycles. The Balaban J connectivity index is 2.20. The zero-order chi connectivity index (χ0) is 14.9. The van der Waals surface area contributed by atoms with Gasteiger partial charge in [-0.1, -0.05) is 0 Å². The van der Waals surface area contributed by atoms with Crippen LogP contribution >= 0.6 is 11.8 Å². The SMILES string of the molecule is CS(=O)(=O)C1CSCCN1C(=O)N1CCC[C@@H]1C(=O)O. The van der Waals surface area contributed by atoms with Gasteiger partial charge in [0.15, 0.2) is 9.84 Å². The Morgan fingerprint density at radius 2 is 1.95 bits per heavy atom. The van der Waals surface area contributed by atoms with Gasteiger partial charge in [-0.05, 0) is 12.8 Å². The van der Waals surface area contributed by atoms with Crippen molar-refractivity contribution in [2.45, 2.75) is 24.3 Å². The van der Waals surface area contributed by atoms with Crippen LogP contribution in [-0.4, -0.2) is 77.6 Å². The highest BCUT2D eigenvalue weighted by Gasteiger charge is 2.41. The lowest BCUT2D eigenvalue weighted by atomic mass is 10.2. The number of rotatable bonds is 2. The molecule has 2 aliphatic rings. The van der Waals surface area contributed by atoms with Gasteiger partial charge in [-0.25, -0.2) is 18.0 Å². The number of thioether (sulfide) groups is 1. The Morgan fingerprint density at radius 3 is 2.55 bits per heavy atom. The van der Waals surface area contributed by atoms with Crippen LogP contribution in [0.4, 0.5) is 4.79 Å². The second-order valence-electron chi connectivity index (χ2n) is 5.02. The lowest BCUT2D eigenvalue weighted by Gasteiger charge is -2.37. The molecule has 2 heterocycles. The molecule has 0 aliphatic carbocycles. The fourth-order valence-corrected chi connectivity index (χ4v) is 5.38. The van der Waals surface area contributed by atoms with Crippen molar-refractivity contribution in [3.05, 3.63) is 0 Å². The second-order valence-corrected chi connectivity index (χ2v) is 8.38. The first-order valence-electron chi connectivity index (χ1n) is 6.39. The molecule has 2 fully saturated rings. The number of carboxylic acids is 1. The molecule has 20 heavy (non-hydrogen) atoms. The maximum Gasteiger partial charge on any atom is 0.326 e. The van der Waals surface area contributed by atoms with Crippen molar-refractivity contribution in [3.8, 4) is 0 Å². The summed E-state index contributed by atoms with van der Waals surface area (Å²) in [6.07, 6.45) is 2.17. The normalized spacial score (nSPS) is 27.6. The lowest BCUT2D eigenvalue weighted by Crippen LogP contribution is -2.56. The van der Waals surface area contributed by atoms with E-state index in [9.17, 15) is 18.0 Å². The molecule has 0 saturated carbocycles. The molecule has 2 aliphatic heterocycles. The number of sulfone groups is 1. The zero-order valence-electron chi connectivity index (χ0n) is 11.2. The minimum Gasteiger partial charge on any atom is -0.480 e. The summed E-state index contributed by atoms with van der Waals surface area (Å²) in [6, 6.07) is -1.30. The van der Waals surface area contributed by atoms with Crippen molar-refractivity contribution < 1.29 is 23.1 Å². The number of aliphatic carboxylic acids is 1. The topological polar surface area (TPSA) is 95.0 Å². The Morgan fingerprint density at radius 1 is 1.25 bits per heavy atom. The van der Waals surface area contributed by atoms with E-state index in [2.05, 4.69) is 0 Å². The number of carboxylic acid groups (broad SMARTS) is 1. The smallest absolute Gasteiger partial charge is 0.326 e. The highest BCUT2D eigenvalue weighted by molar-refractivity contribution is 8.00. The number of amides is 2. The maximum atomic E-state index is 12.5. The van der Waals surface area contributed by atoms with Crippen LogP contribution in [0.3, 0.4) is 0 Å². The van der Waals surface area contributed by atoms with Crippen LogP contribution in [0.1, 0.15) is 12.8 Å². The van der Waals surface area contributed by atoms with Crippen LogP contribution < -0.4 is 0 Å². The Labute approximate surface area is 122 Å². The average molecular weight is 322 g/mol. The van der Waals surface area contributed by atoms with Gasteiger partial charge in [0.1, 0.15) is 11.4 Å². The summed E-state index contributed by atoms with van der Waals surface area (Å²) >= 11 is 1.49. The number of urea groups is 1. The molecule has 0 spiro atoms. The number of carbonyl (C=O) groups excluding carboxylic acids is 1. The van der Waals surface area contributed by atoms with Crippen LogP contribution in [0.2, 0.25) is 0 Å². The Bertz CT molecular complexity index is 507. The monoisotopic (exact) mass is 322 g/mol. The summed E-state index contributed by atoms with van der Waals surface area (Å²) in [6.45, 7) is 0.708. The van der Waals surface area contributed by atoms with E-state index in [-0.39, 0.29) is 0 Å². The highest BCUT2D eigenvalue weighted by atomic mass is 32.2. The second kappa shape index (κ2) is 5.80. The molecule has 0 radical (unpaired) electrons. The van der Waals surface area contributed by atoms with Crippen LogP contribution in [-0.2, 0) is 14.6 Å². The molecular weight excluding hydrogens is 304 g/mol. The first-order chi connectivity index (χ1) is 9.32. The van der Waals surface area contributed by atoms with Crippen molar-refractivity contribution >= 4 is 33.6 Å². The molecule has 1 N–H and O–H groups in total. The summed E-state index contributed by atoms with van der Waals surface area (Å²) < 4.78 is 23.6. The predicted octanol–water partition coefficient (Wildman–Crippen LogP) is 0.0749. The van der Waals surface area contributed by atoms with Gasteiger partial charge in [-0.3, -0.25) is 0 Å². The molecule has 1 unspecified atom stereocenters. The van der Waals surface area contributed by atoms with Crippen LogP contribution in [0, 0.1) is 0 Å². The van der Waals surface area contributed by atoms with Crippen molar-refractivity contribution in [2.75, 3.05) is 30.9 Å². The van der Waals surface area contributed by atoms with E-state index in [1.807, 2.05) is 0 Å². The maximum absolute atomic E-state index is 12.5. The quantitative estimate of drug-likeness (QED) is 0.773. The van der Waals surface area contributed by atoms with Crippen molar-refractivity contribution in [2.24, 2.45) is 0 Å². The van der Waals surface area contributed by atoms with Gasteiger partial charge in [0.2, 0.25) is 0 Å². The van der Waals surface area contributed by atoms with E-state index < -0.39 is 33.3 Å². The van der Waals surface area contributed by atoms with E-state index in [4.69, 9.17) is 5.11 Å². The van der Waals surface area contributed by atoms with Crippen molar-refractivity contribution in [1.29, 1.82) is 0 Å². The molecular formula is C11H18N2O5S2. The van der Waals surface area contributed by atoms with Gasteiger partial charge in [-0.15, -0.1) is 0 Å². The van der Waals surface area contributed by atoms with Gasteiger partial charge in [-0.2, -0.15) is 11.8 Å². The fourth-order valence-electron chi connectivity index (χ4n) is 2.57.